The second-order valence-electron chi connectivity index (χ2n) is 6.55. The summed E-state index contributed by atoms with van der Waals surface area (Å²) in [7, 11) is 0. The molecular formula is C20H30O2. The Labute approximate surface area is 135 Å². The number of aryl methyl sites for hydroxylation is 1. The minimum Gasteiger partial charge on any atom is -0.490 e. The van der Waals surface area contributed by atoms with E-state index in [-0.39, 0.29) is 5.60 Å². The SMILES string of the molecule is C/C=C/CCCCCCCc1cccc(OCC2(C)CO2)c1. The van der Waals surface area contributed by atoms with Gasteiger partial charge < -0.3 is 9.47 Å². The number of allylic oxidation sites excluding steroid dienone is 2. The molecule has 2 heteroatoms. The molecule has 1 unspecified atom stereocenters. The van der Waals surface area contributed by atoms with Gasteiger partial charge in [0.15, 0.2) is 0 Å². The second kappa shape index (κ2) is 8.99. The summed E-state index contributed by atoms with van der Waals surface area (Å²) in [5, 5.41) is 0. The number of rotatable bonds is 11. The standard InChI is InChI=1S/C20H30O2/c1-3-4-5-6-7-8-9-10-12-18-13-11-14-19(15-18)21-16-20(2)17-22-20/h3-4,11,13-15H,5-10,12,16-17H2,1-2H3/b4-3+. The third-order valence-electron chi connectivity index (χ3n) is 4.15. The molecule has 0 spiro atoms. The molecule has 1 fully saturated rings. The van der Waals surface area contributed by atoms with Crippen molar-refractivity contribution in [2.24, 2.45) is 0 Å². The van der Waals surface area contributed by atoms with Gasteiger partial charge in [-0.05, 0) is 57.2 Å². The van der Waals surface area contributed by atoms with Crippen LogP contribution in [-0.2, 0) is 11.2 Å². The molecule has 1 atom stereocenters. The lowest BCUT2D eigenvalue weighted by atomic mass is 10.0. The van der Waals surface area contributed by atoms with Crippen LogP contribution in [-0.4, -0.2) is 18.8 Å². The molecule has 0 bridgehead atoms. The lowest BCUT2D eigenvalue weighted by Crippen LogP contribution is -2.16. The summed E-state index contributed by atoms with van der Waals surface area (Å²) in [6, 6.07) is 8.51. The summed E-state index contributed by atoms with van der Waals surface area (Å²) in [6.07, 6.45) is 13.4. The van der Waals surface area contributed by atoms with Crippen LogP contribution in [0.25, 0.3) is 0 Å². The molecule has 0 N–H and O–H groups in total. The van der Waals surface area contributed by atoms with Crippen molar-refractivity contribution >= 4 is 0 Å². The highest BCUT2D eigenvalue weighted by molar-refractivity contribution is 5.28. The summed E-state index contributed by atoms with van der Waals surface area (Å²) >= 11 is 0. The van der Waals surface area contributed by atoms with E-state index in [1.54, 1.807) is 0 Å². The van der Waals surface area contributed by atoms with E-state index in [1.165, 1.54) is 44.1 Å². The zero-order chi connectivity index (χ0) is 15.7. The van der Waals surface area contributed by atoms with E-state index in [0.29, 0.717) is 6.61 Å². The van der Waals surface area contributed by atoms with Crippen LogP contribution < -0.4 is 4.74 Å². The average Bonchev–Trinajstić information content (AvgIpc) is 3.27. The molecule has 0 saturated carbocycles. The molecule has 1 aliphatic heterocycles. The summed E-state index contributed by atoms with van der Waals surface area (Å²) in [4.78, 5) is 0. The van der Waals surface area contributed by atoms with Crippen LogP contribution in [0.1, 0.15) is 57.9 Å². The topological polar surface area (TPSA) is 21.8 Å². The molecule has 2 nitrogen and oxygen atoms in total. The van der Waals surface area contributed by atoms with E-state index in [2.05, 4.69) is 44.2 Å². The third kappa shape index (κ3) is 6.65. The first kappa shape index (κ1) is 17.1. The predicted molar refractivity (Wildman–Crippen MR) is 92.5 cm³/mol. The predicted octanol–water partition coefficient (Wildman–Crippen LogP) is 5.31. The van der Waals surface area contributed by atoms with Gasteiger partial charge in [0.1, 0.15) is 18.0 Å². The fourth-order valence-electron chi connectivity index (χ4n) is 2.52. The Morgan fingerprint density at radius 1 is 1.18 bits per heavy atom. The van der Waals surface area contributed by atoms with Crippen LogP contribution >= 0.6 is 0 Å². The van der Waals surface area contributed by atoms with Crippen molar-refractivity contribution in [3.63, 3.8) is 0 Å². The zero-order valence-corrected chi connectivity index (χ0v) is 14.1. The van der Waals surface area contributed by atoms with E-state index < -0.39 is 0 Å². The summed E-state index contributed by atoms with van der Waals surface area (Å²) in [5.74, 6) is 0.973. The summed E-state index contributed by atoms with van der Waals surface area (Å²) in [5.41, 5.74) is 1.34. The molecule has 0 radical (unpaired) electrons. The molecule has 0 aliphatic carbocycles. The molecule has 1 heterocycles. The molecule has 122 valence electrons. The van der Waals surface area contributed by atoms with E-state index in [0.717, 1.165) is 18.8 Å². The van der Waals surface area contributed by atoms with E-state index in [1.807, 2.05) is 6.07 Å². The fraction of sp³-hybridized carbons (Fsp3) is 0.600. The van der Waals surface area contributed by atoms with Gasteiger partial charge in [-0.2, -0.15) is 0 Å². The van der Waals surface area contributed by atoms with Gasteiger partial charge in [-0.1, -0.05) is 43.5 Å². The maximum atomic E-state index is 5.82. The quantitative estimate of drug-likeness (QED) is 0.314. The van der Waals surface area contributed by atoms with Gasteiger partial charge in [0.2, 0.25) is 0 Å². The highest BCUT2D eigenvalue weighted by Crippen LogP contribution is 2.27. The molecule has 0 aromatic heterocycles. The van der Waals surface area contributed by atoms with Crippen molar-refractivity contribution in [3.8, 4) is 5.75 Å². The van der Waals surface area contributed by atoms with Crippen molar-refractivity contribution in [1.29, 1.82) is 0 Å². The first-order valence-corrected chi connectivity index (χ1v) is 8.69. The normalized spacial score (nSPS) is 20.5. The number of hydrogen-bond donors (Lipinski definition) is 0. The van der Waals surface area contributed by atoms with Gasteiger partial charge in [0.25, 0.3) is 0 Å². The van der Waals surface area contributed by atoms with E-state index in [4.69, 9.17) is 9.47 Å². The van der Waals surface area contributed by atoms with Crippen molar-refractivity contribution in [2.75, 3.05) is 13.2 Å². The number of unbranched alkanes of at least 4 members (excludes halogenated alkanes) is 5. The maximum absolute atomic E-state index is 5.82. The van der Waals surface area contributed by atoms with Gasteiger partial charge in [-0.3, -0.25) is 0 Å². The highest BCUT2D eigenvalue weighted by atomic mass is 16.6. The summed E-state index contributed by atoms with van der Waals surface area (Å²) in [6.45, 7) is 5.66. The Balaban J connectivity index is 1.59. The smallest absolute Gasteiger partial charge is 0.123 e. The largest absolute Gasteiger partial charge is 0.490 e. The Bertz CT molecular complexity index is 461. The molecule has 2 rings (SSSR count). The molecule has 1 aliphatic rings. The minimum absolute atomic E-state index is 0.0387. The lowest BCUT2D eigenvalue weighted by molar-refractivity contribution is 0.202. The van der Waals surface area contributed by atoms with Crippen LogP contribution in [0.15, 0.2) is 36.4 Å². The third-order valence-corrected chi connectivity index (χ3v) is 4.15. The van der Waals surface area contributed by atoms with Crippen LogP contribution in [0.3, 0.4) is 0 Å². The van der Waals surface area contributed by atoms with Gasteiger partial charge in [0.05, 0.1) is 6.61 Å². The molecule has 1 aromatic carbocycles. The van der Waals surface area contributed by atoms with Crippen molar-refractivity contribution in [2.45, 2.75) is 64.4 Å². The molecule has 1 aromatic rings. The molecule has 1 saturated heterocycles. The summed E-state index contributed by atoms with van der Waals surface area (Å²) < 4.78 is 11.2. The van der Waals surface area contributed by atoms with Gasteiger partial charge in [-0.25, -0.2) is 0 Å². The lowest BCUT2D eigenvalue weighted by Gasteiger charge is -2.10. The molecule has 0 amide bonds. The first-order valence-electron chi connectivity index (χ1n) is 8.69. The number of epoxide rings is 1. The Kier molecular flexibility index (Phi) is 6.98. The Hall–Kier alpha value is -1.28. The van der Waals surface area contributed by atoms with Crippen molar-refractivity contribution in [1.82, 2.24) is 0 Å². The van der Waals surface area contributed by atoms with Crippen LogP contribution in [0.4, 0.5) is 0 Å². The first-order chi connectivity index (χ1) is 10.7. The van der Waals surface area contributed by atoms with Crippen molar-refractivity contribution < 1.29 is 9.47 Å². The Morgan fingerprint density at radius 3 is 2.73 bits per heavy atom. The number of hydrogen-bond acceptors (Lipinski definition) is 2. The van der Waals surface area contributed by atoms with Crippen molar-refractivity contribution in [3.05, 3.63) is 42.0 Å². The number of ether oxygens (including phenoxy) is 2. The van der Waals surface area contributed by atoms with Crippen LogP contribution in [0.5, 0.6) is 5.75 Å². The monoisotopic (exact) mass is 302 g/mol. The highest BCUT2D eigenvalue weighted by Gasteiger charge is 2.40. The fourth-order valence-corrected chi connectivity index (χ4v) is 2.52. The van der Waals surface area contributed by atoms with E-state index >= 15 is 0 Å². The average molecular weight is 302 g/mol. The van der Waals surface area contributed by atoms with Gasteiger partial charge in [0, 0.05) is 0 Å². The Morgan fingerprint density at radius 2 is 1.95 bits per heavy atom. The molecule has 22 heavy (non-hydrogen) atoms. The maximum Gasteiger partial charge on any atom is 0.123 e. The van der Waals surface area contributed by atoms with Gasteiger partial charge in [-0.15, -0.1) is 0 Å². The van der Waals surface area contributed by atoms with Gasteiger partial charge >= 0.3 is 0 Å². The van der Waals surface area contributed by atoms with Crippen LogP contribution in [0, 0.1) is 0 Å². The minimum atomic E-state index is -0.0387. The zero-order valence-electron chi connectivity index (χ0n) is 14.1. The second-order valence-corrected chi connectivity index (χ2v) is 6.55. The van der Waals surface area contributed by atoms with E-state index in [9.17, 15) is 0 Å². The molecular weight excluding hydrogens is 272 g/mol. The number of benzene rings is 1. The van der Waals surface area contributed by atoms with Crippen LogP contribution in [0.2, 0.25) is 0 Å².